The number of benzene rings is 1. The predicted molar refractivity (Wildman–Crippen MR) is 70.4 cm³/mol. The molecule has 1 aromatic heterocycles. The number of aromatic nitrogens is 1. The van der Waals surface area contributed by atoms with E-state index in [9.17, 15) is 9.59 Å². The van der Waals surface area contributed by atoms with Gasteiger partial charge in [0.25, 0.3) is 0 Å². The third-order valence-corrected chi connectivity index (χ3v) is 2.33. The van der Waals surface area contributed by atoms with E-state index in [0.717, 1.165) is 0 Å². The van der Waals surface area contributed by atoms with Gasteiger partial charge in [0.1, 0.15) is 0 Å². The van der Waals surface area contributed by atoms with Gasteiger partial charge in [-0.3, -0.25) is 9.59 Å². The van der Waals surface area contributed by atoms with Gasteiger partial charge in [0.2, 0.25) is 11.8 Å². The molecule has 2 aromatic rings. The lowest BCUT2D eigenvalue weighted by Gasteiger charge is -2.11. The van der Waals surface area contributed by atoms with Gasteiger partial charge in [-0.05, 0) is 24.3 Å². The molecular formula is C14H12N2O3. The van der Waals surface area contributed by atoms with Crippen LogP contribution in [0.4, 0.5) is 5.69 Å². The van der Waals surface area contributed by atoms with Crippen LogP contribution < -0.4 is 10.1 Å². The van der Waals surface area contributed by atoms with E-state index < -0.39 is 0 Å². The van der Waals surface area contributed by atoms with Gasteiger partial charge in [0.15, 0.2) is 12.0 Å². The molecule has 1 N–H and O–H groups in total. The molecule has 0 aliphatic carbocycles. The zero-order valence-corrected chi connectivity index (χ0v) is 10.3. The summed E-state index contributed by atoms with van der Waals surface area (Å²) in [6.45, 7) is 1.41. The van der Waals surface area contributed by atoms with Gasteiger partial charge >= 0.3 is 0 Å². The number of para-hydroxylation sites is 2. The van der Waals surface area contributed by atoms with Crippen molar-refractivity contribution >= 4 is 17.9 Å². The van der Waals surface area contributed by atoms with Crippen LogP contribution in [0.25, 0.3) is 0 Å². The number of nitrogens with one attached hydrogen (secondary N) is 1. The molecule has 19 heavy (non-hydrogen) atoms. The highest BCUT2D eigenvalue weighted by atomic mass is 16.5. The number of anilines is 1. The van der Waals surface area contributed by atoms with Gasteiger partial charge < -0.3 is 10.1 Å². The highest BCUT2D eigenvalue weighted by molar-refractivity contribution is 5.90. The van der Waals surface area contributed by atoms with Crippen LogP contribution in [0, 0.1) is 0 Å². The van der Waals surface area contributed by atoms with E-state index in [1.807, 2.05) is 0 Å². The molecule has 1 amide bonds. The quantitative estimate of drug-likeness (QED) is 0.854. The Morgan fingerprint density at radius 1 is 1.26 bits per heavy atom. The SMILES string of the molecule is CC(=O)Nc1ccccc1Oc1ncccc1C=O. The van der Waals surface area contributed by atoms with Crippen LogP contribution >= 0.6 is 0 Å². The van der Waals surface area contributed by atoms with Crippen LogP contribution in [0.15, 0.2) is 42.6 Å². The van der Waals surface area contributed by atoms with Gasteiger partial charge in [-0.15, -0.1) is 0 Å². The van der Waals surface area contributed by atoms with Gasteiger partial charge in [0, 0.05) is 13.1 Å². The maximum absolute atomic E-state index is 11.1. The molecule has 1 aromatic carbocycles. The summed E-state index contributed by atoms with van der Waals surface area (Å²) in [7, 11) is 0. The van der Waals surface area contributed by atoms with Gasteiger partial charge in [-0.1, -0.05) is 12.1 Å². The molecule has 0 unspecified atom stereocenters. The first-order chi connectivity index (χ1) is 9.20. The summed E-state index contributed by atoms with van der Waals surface area (Å²) >= 11 is 0. The summed E-state index contributed by atoms with van der Waals surface area (Å²) in [5, 5.41) is 2.65. The Morgan fingerprint density at radius 2 is 2.05 bits per heavy atom. The van der Waals surface area contributed by atoms with Crippen molar-refractivity contribution in [2.45, 2.75) is 6.92 Å². The maximum Gasteiger partial charge on any atom is 0.229 e. The minimum absolute atomic E-state index is 0.201. The standard InChI is InChI=1S/C14H12N2O3/c1-10(18)16-12-6-2-3-7-13(12)19-14-11(9-17)5-4-8-15-14/h2-9H,1H3,(H,16,18). The topological polar surface area (TPSA) is 68.3 Å². The van der Waals surface area contributed by atoms with E-state index in [2.05, 4.69) is 10.3 Å². The minimum Gasteiger partial charge on any atom is -0.436 e. The van der Waals surface area contributed by atoms with Crippen molar-refractivity contribution in [2.75, 3.05) is 5.32 Å². The molecule has 0 saturated carbocycles. The number of carbonyl (C=O) groups excluding carboxylic acids is 2. The van der Waals surface area contributed by atoms with Crippen molar-refractivity contribution in [3.05, 3.63) is 48.2 Å². The highest BCUT2D eigenvalue weighted by Gasteiger charge is 2.09. The van der Waals surface area contributed by atoms with Crippen LogP contribution in [0.5, 0.6) is 11.6 Å². The molecule has 5 heteroatoms. The number of aldehydes is 1. The monoisotopic (exact) mass is 256 g/mol. The number of ether oxygens (including phenoxy) is 1. The minimum atomic E-state index is -0.201. The molecule has 0 saturated heterocycles. The van der Waals surface area contributed by atoms with E-state index in [4.69, 9.17) is 4.74 Å². The van der Waals surface area contributed by atoms with Crippen molar-refractivity contribution in [2.24, 2.45) is 0 Å². The second-order valence-corrected chi connectivity index (χ2v) is 3.80. The fraction of sp³-hybridized carbons (Fsp3) is 0.0714. The zero-order valence-electron chi connectivity index (χ0n) is 10.3. The Bertz CT molecular complexity index is 611. The van der Waals surface area contributed by atoms with Crippen molar-refractivity contribution < 1.29 is 14.3 Å². The Morgan fingerprint density at radius 3 is 2.79 bits per heavy atom. The van der Waals surface area contributed by atoms with Gasteiger partial charge in [-0.2, -0.15) is 0 Å². The molecule has 0 atom stereocenters. The molecule has 1 heterocycles. The second kappa shape index (κ2) is 5.77. The Kier molecular flexibility index (Phi) is 3.87. The largest absolute Gasteiger partial charge is 0.436 e. The molecule has 0 spiro atoms. The molecule has 0 radical (unpaired) electrons. The number of amides is 1. The number of hydrogen-bond acceptors (Lipinski definition) is 4. The second-order valence-electron chi connectivity index (χ2n) is 3.80. The van der Waals surface area contributed by atoms with Crippen LogP contribution in [-0.4, -0.2) is 17.2 Å². The lowest BCUT2D eigenvalue weighted by Crippen LogP contribution is -2.07. The number of pyridine rings is 1. The lowest BCUT2D eigenvalue weighted by molar-refractivity contribution is -0.114. The first kappa shape index (κ1) is 12.8. The van der Waals surface area contributed by atoms with E-state index in [-0.39, 0.29) is 11.8 Å². The highest BCUT2D eigenvalue weighted by Crippen LogP contribution is 2.29. The van der Waals surface area contributed by atoms with Crippen LogP contribution in [0.2, 0.25) is 0 Å². The summed E-state index contributed by atoms with van der Waals surface area (Å²) in [4.78, 5) is 26.0. The Hall–Kier alpha value is -2.69. The third kappa shape index (κ3) is 3.16. The first-order valence-electron chi connectivity index (χ1n) is 5.65. The molecule has 0 aliphatic rings. The summed E-state index contributed by atoms with van der Waals surface area (Å²) in [6.07, 6.45) is 2.20. The van der Waals surface area contributed by atoms with Gasteiger partial charge in [-0.25, -0.2) is 4.98 Å². The molecular weight excluding hydrogens is 244 g/mol. The Balaban J connectivity index is 2.32. The maximum atomic E-state index is 11.1. The third-order valence-electron chi connectivity index (χ3n) is 2.33. The number of carbonyl (C=O) groups is 2. The van der Waals surface area contributed by atoms with Crippen molar-refractivity contribution in [3.8, 4) is 11.6 Å². The van der Waals surface area contributed by atoms with Crippen LogP contribution in [0.3, 0.4) is 0 Å². The Labute approximate surface area is 110 Å². The molecule has 0 bridgehead atoms. The van der Waals surface area contributed by atoms with Crippen molar-refractivity contribution in [1.82, 2.24) is 4.98 Å². The van der Waals surface area contributed by atoms with Crippen molar-refractivity contribution in [1.29, 1.82) is 0 Å². The summed E-state index contributed by atoms with van der Waals surface area (Å²) in [5.41, 5.74) is 0.873. The van der Waals surface area contributed by atoms with E-state index in [1.54, 1.807) is 36.4 Å². The number of rotatable bonds is 4. The molecule has 96 valence electrons. The van der Waals surface area contributed by atoms with Crippen LogP contribution in [-0.2, 0) is 4.79 Å². The number of hydrogen-bond donors (Lipinski definition) is 1. The van der Waals surface area contributed by atoms with E-state index >= 15 is 0 Å². The average molecular weight is 256 g/mol. The molecule has 0 fully saturated rings. The smallest absolute Gasteiger partial charge is 0.229 e. The predicted octanol–water partition coefficient (Wildman–Crippen LogP) is 2.64. The molecule has 0 aliphatic heterocycles. The summed E-state index contributed by atoms with van der Waals surface area (Å²) in [6, 6.07) is 10.2. The van der Waals surface area contributed by atoms with E-state index in [0.29, 0.717) is 23.3 Å². The van der Waals surface area contributed by atoms with Crippen LogP contribution in [0.1, 0.15) is 17.3 Å². The van der Waals surface area contributed by atoms with Gasteiger partial charge in [0.05, 0.1) is 11.3 Å². The van der Waals surface area contributed by atoms with E-state index in [1.165, 1.54) is 13.1 Å². The zero-order chi connectivity index (χ0) is 13.7. The normalized spacial score (nSPS) is 9.74. The lowest BCUT2D eigenvalue weighted by atomic mass is 10.2. The average Bonchev–Trinajstić information content (AvgIpc) is 2.41. The molecule has 2 rings (SSSR count). The first-order valence-corrected chi connectivity index (χ1v) is 5.65. The number of nitrogens with zero attached hydrogens (tertiary/aromatic N) is 1. The fourth-order valence-corrected chi connectivity index (χ4v) is 1.53. The fourth-order valence-electron chi connectivity index (χ4n) is 1.53. The molecule has 5 nitrogen and oxygen atoms in total. The summed E-state index contributed by atoms with van der Waals surface area (Å²) in [5.74, 6) is 0.433. The summed E-state index contributed by atoms with van der Waals surface area (Å²) < 4.78 is 5.58. The van der Waals surface area contributed by atoms with Crippen molar-refractivity contribution in [3.63, 3.8) is 0 Å².